The number of hydrogen-bond acceptors (Lipinski definition) is 7. The molecule has 2 amide bonds. The second-order valence-corrected chi connectivity index (χ2v) is 7.87. The number of carbonyl (C=O) groups is 2. The minimum absolute atomic E-state index is 0.0982. The fourth-order valence-corrected chi connectivity index (χ4v) is 3.71. The van der Waals surface area contributed by atoms with E-state index >= 15 is 0 Å². The summed E-state index contributed by atoms with van der Waals surface area (Å²) in [7, 11) is 0. The van der Waals surface area contributed by atoms with Gasteiger partial charge in [-0.1, -0.05) is 23.9 Å². The summed E-state index contributed by atoms with van der Waals surface area (Å²) in [5.74, 6) is -1.62. The Balaban J connectivity index is 1.65. The van der Waals surface area contributed by atoms with E-state index in [2.05, 4.69) is 20.8 Å². The summed E-state index contributed by atoms with van der Waals surface area (Å²) in [6, 6.07) is 8.49. The van der Waals surface area contributed by atoms with Gasteiger partial charge in [0.05, 0.1) is 17.0 Å². The molecule has 0 bridgehead atoms. The largest absolute Gasteiger partial charge is 0.508 e. The van der Waals surface area contributed by atoms with E-state index in [4.69, 9.17) is 0 Å². The van der Waals surface area contributed by atoms with Crippen LogP contribution in [0.5, 0.6) is 11.5 Å². The van der Waals surface area contributed by atoms with Crippen molar-refractivity contribution in [3.8, 4) is 11.5 Å². The van der Waals surface area contributed by atoms with Crippen LogP contribution >= 0.6 is 11.8 Å². The Morgan fingerprint density at radius 1 is 1.22 bits per heavy atom. The number of amides is 2. The van der Waals surface area contributed by atoms with E-state index in [-0.39, 0.29) is 23.1 Å². The van der Waals surface area contributed by atoms with E-state index in [0.717, 1.165) is 30.0 Å². The average molecular weight is 466 g/mol. The van der Waals surface area contributed by atoms with Crippen molar-refractivity contribution in [2.75, 3.05) is 5.32 Å². The minimum Gasteiger partial charge on any atom is -0.508 e. The number of alkyl halides is 3. The first kappa shape index (κ1) is 23.1. The number of para-hydroxylation sites is 1. The summed E-state index contributed by atoms with van der Waals surface area (Å²) in [4.78, 5) is 24.3. The number of carbonyl (C=O) groups excluding carboxylic acids is 2. The molecule has 12 heteroatoms. The fraction of sp³-hybridized carbons (Fsp3) is 0.200. The number of thioether (sulfide) groups is 1. The molecule has 8 nitrogen and oxygen atoms in total. The molecule has 0 spiro atoms. The molecule has 168 valence electrons. The van der Waals surface area contributed by atoms with Crippen LogP contribution in [-0.4, -0.2) is 38.2 Å². The van der Waals surface area contributed by atoms with Gasteiger partial charge in [-0.05, 0) is 31.2 Å². The highest BCUT2D eigenvalue weighted by molar-refractivity contribution is 8.15. The van der Waals surface area contributed by atoms with Gasteiger partial charge in [-0.25, -0.2) is 0 Å². The Labute approximate surface area is 184 Å². The monoisotopic (exact) mass is 466 g/mol. The molecule has 1 atom stereocenters. The first-order chi connectivity index (χ1) is 15.0. The number of hydrogen-bond donors (Lipinski definition) is 4. The molecule has 1 aliphatic heterocycles. The van der Waals surface area contributed by atoms with Crippen molar-refractivity contribution >= 4 is 40.1 Å². The maximum Gasteiger partial charge on any atom is 0.418 e. The zero-order valence-electron chi connectivity index (χ0n) is 16.5. The third-order valence-electron chi connectivity index (χ3n) is 4.32. The van der Waals surface area contributed by atoms with Crippen LogP contribution in [0.3, 0.4) is 0 Å². The molecule has 2 aromatic carbocycles. The second kappa shape index (κ2) is 9.30. The van der Waals surface area contributed by atoms with Crippen LogP contribution in [0.4, 0.5) is 18.9 Å². The van der Waals surface area contributed by atoms with Gasteiger partial charge < -0.3 is 20.8 Å². The van der Waals surface area contributed by atoms with Crippen molar-refractivity contribution in [1.29, 1.82) is 0 Å². The normalized spacial score (nSPS) is 18.0. The van der Waals surface area contributed by atoms with Crippen LogP contribution in [0.25, 0.3) is 0 Å². The van der Waals surface area contributed by atoms with Crippen LogP contribution < -0.4 is 10.6 Å². The van der Waals surface area contributed by atoms with Crippen LogP contribution in [0, 0.1) is 0 Å². The molecule has 0 saturated carbocycles. The van der Waals surface area contributed by atoms with Gasteiger partial charge in [0.15, 0.2) is 5.17 Å². The van der Waals surface area contributed by atoms with Gasteiger partial charge in [0.2, 0.25) is 11.8 Å². The summed E-state index contributed by atoms with van der Waals surface area (Å²) in [5, 5.41) is 30.8. The lowest BCUT2D eigenvalue weighted by molar-refractivity contribution is -0.137. The summed E-state index contributed by atoms with van der Waals surface area (Å²) < 4.78 is 39.2. The first-order valence-electron chi connectivity index (χ1n) is 9.13. The predicted octanol–water partition coefficient (Wildman–Crippen LogP) is 3.46. The Morgan fingerprint density at radius 3 is 2.62 bits per heavy atom. The molecule has 1 fully saturated rings. The quantitative estimate of drug-likeness (QED) is 0.397. The van der Waals surface area contributed by atoms with Gasteiger partial charge in [-0.15, -0.1) is 5.10 Å². The maximum absolute atomic E-state index is 13.1. The number of phenolic OH excluding ortho intramolecular Hbond substituents is 2. The molecule has 32 heavy (non-hydrogen) atoms. The van der Waals surface area contributed by atoms with Gasteiger partial charge in [0.1, 0.15) is 16.7 Å². The number of aromatic hydroxyl groups is 2. The predicted molar refractivity (Wildman–Crippen MR) is 114 cm³/mol. The average Bonchev–Trinajstić information content (AvgIpc) is 3.05. The SMILES string of the molecule is C/C(=N/N=C1\NC(=O)[C@H](CC(=O)Nc2ccccc2C(F)(F)F)S1)c1ccc(O)cc1O. The summed E-state index contributed by atoms with van der Waals surface area (Å²) in [6.45, 7) is 1.56. The van der Waals surface area contributed by atoms with E-state index in [1.54, 1.807) is 6.92 Å². The highest BCUT2D eigenvalue weighted by Crippen LogP contribution is 2.35. The molecule has 4 N–H and O–H groups in total. The zero-order chi connectivity index (χ0) is 23.5. The molecule has 0 aromatic heterocycles. The van der Waals surface area contributed by atoms with E-state index in [1.807, 2.05) is 0 Å². The van der Waals surface area contributed by atoms with Crippen LogP contribution in [-0.2, 0) is 15.8 Å². The first-order valence-corrected chi connectivity index (χ1v) is 10.0. The number of nitrogens with one attached hydrogen (secondary N) is 2. The van der Waals surface area contributed by atoms with Crippen LogP contribution in [0.1, 0.15) is 24.5 Å². The molecule has 3 rings (SSSR count). The van der Waals surface area contributed by atoms with E-state index in [0.29, 0.717) is 11.3 Å². The van der Waals surface area contributed by atoms with Crippen LogP contribution in [0.2, 0.25) is 0 Å². The van der Waals surface area contributed by atoms with Crippen molar-refractivity contribution < 1.29 is 33.0 Å². The van der Waals surface area contributed by atoms with E-state index in [1.165, 1.54) is 24.3 Å². The van der Waals surface area contributed by atoms with Crippen molar-refractivity contribution in [2.24, 2.45) is 10.2 Å². The third kappa shape index (κ3) is 5.58. The number of anilines is 1. The molecule has 1 saturated heterocycles. The number of phenols is 2. The summed E-state index contributed by atoms with van der Waals surface area (Å²) in [6.07, 6.45) is -5.01. The van der Waals surface area contributed by atoms with Gasteiger partial charge in [-0.2, -0.15) is 18.3 Å². The van der Waals surface area contributed by atoms with Crippen molar-refractivity contribution in [3.05, 3.63) is 53.6 Å². The van der Waals surface area contributed by atoms with Crippen molar-refractivity contribution in [3.63, 3.8) is 0 Å². The Morgan fingerprint density at radius 2 is 1.94 bits per heavy atom. The Kier molecular flexibility index (Phi) is 6.72. The van der Waals surface area contributed by atoms with Crippen LogP contribution in [0.15, 0.2) is 52.7 Å². The van der Waals surface area contributed by atoms with Crippen molar-refractivity contribution in [2.45, 2.75) is 24.8 Å². The molecular weight excluding hydrogens is 449 g/mol. The van der Waals surface area contributed by atoms with Gasteiger partial charge in [0.25, 0.3) is 0 Å². The van der Waals surface area contributed by atoms with E-state index < -0.39 is 34.5 Å². The topological polar surface area (TPSA) is 123 Å². The highest BCUT2D eigenvalue weighted by atomic mass is 32.2. The fourth-order valence-electron chi connectivity index (χ4n) is 2.80. The Hall–Kier alpha value is -3.54. The second-order valence-electron chi connectivity index (χ2n) is 6.68. The lowest BCUT2D eigenvalue weighted by atomic mass is 10.1. The third-order valence-corrected chi connectivity index (χ3v) is 5.39. The lowest BCUT2D eigenvalue weighted by Crippen LogP contribution is -2.28. The smallest absolute Gasteiger partial charge is 0.418 e. The number of amidine groups is 1. The number of halogens is 3. The van der Waals surface area contributed by atoms with Gasteiger partial charge >= 0.3 is 6.18 Å². The van der Waals surface area contributed by atoms with Gasteiger partial charge in [-0.3, -0.25) is 9.59 Å². The Bertz CT molecular complexity index is 1120. The maximum atomic E-state index is 13.1. The summed E-state index contributed by atoms with van der Waals surface area (Å²) >= 11 is 0.908. The molecule has 1 aliphatic rings. The minimum atomic E-state index is -4.63. The number of nitrogens with zero attached hydrogens (tertiary/aromatic N) is 2. The summed E-state index contributed by atoms with van der Waals surface area (Å²) in [5.41, 5.74) is -0.756. The zero-order valence-corrected chi connectivity index (χ0v) is 17.3. The number of rotatable bonds is 5. The highest BCUT2D eigenvalue weighted by Gasteiger charge is 2.35. The standard InChI is InChI=1S/C20H17F3N4O4S/c1-10(12-7-6-11(28)8-15(12)29)26-27-19-25-18(31)16(32-19)9-17(30)24-14-5-3-2-4-13(14)20(21,22)23/h2-8,16,28-29H,9H2,1H3,(H,24,30)(H,25,27,31)/b26-10-/t16-/m0/s1. The number of benzene rings is 2. The molecule has 0 aliphatic carbocycles. The van der Waals surface area contributed by atoms with E-state index in [9.17, 15) is 33.0 Å². The molecule has 0 radical (unpaired) electrons. The van der Waals surface area contributed by atoms with Gasteiger partial charge in [0, 0.05) is 18.1 Å². The molecule has 0 unspecified atom stereocenters. The molecule has 1 heterocycles. The lowest BCUT2D eigenvalue weighted by Gasteiger charge is -2.14. The molecular formula is C20H17F3N4O4S. The van der Waals surface area contributed by atoms with Crippen molar-refractivity contribution in [1.82, 2.24) is 5.32 Å². The molecule has 2 aromatic rings.